The van der Waals surface area contributed by atoms with Gasteiger partial charge in [0.2, 0.25) is 17.7 Å². The highest BCUT2D eigenvalue weighted by atomic mass is 127. The van der Waals surface area contributed by atoms with Crippen LogP contribution in [0.4, 0.5) is 10.7 Å². The predicted molar refractivity (Wildman–Crippen MR) is 108 cm³/mol. The van der Waals surface area contributed by atoms with Gasteiger partial charge in [0.1, 0.15) is 0 Å². The van der Waals surface area contributed by atoms with E-state index in [4.69, 9.17) is 18.4 Å². The summed E-state index contributed by atoms with van der Waals surface area (Å²) in [6.45, 7) is 0.365. The first-order valence-corrected chi connectivity index (χ1v) is 10.6. The van der Waals surface area contributed by atoms with Gasteiger partial charge in [-0.15, -0.1) is 0 Å². The molecule has 13 heteroatoms. The lowest BCUT2D eigenvalue weighted by Crippen LogP contribution is -2.37. The zero-order chi connectivity index (χ0) is 20.6. The van der Waals surface area contributed by atoms with E-state index in [2.05, 4.69) is 37.9 Å². The molecule has 0 aliphatic carbocycles. The SMILES string of the molecule is COc1cc(OC)nc(NC(=O)NS(=O)(=O)Oc2ccccc2OCCI)n1. The third-order valence-electron chi connectivity index (χ3n) is 2.92. The Morgan fingerprint density at radius 1 is 1.11 bits per heavy atom. The molecule has 0 bridgehead atoms. The first-order valence-electron chi connectivity index (χ1n) is 7.65. The van der Waals surface area contributed by atoms with Gasteiger partial charge in [0, 0.05) is 4.43 Å². The van der Waals surface area contributed by atoms with Gasteiger partial charge in [-0.25, -0.2) is 9.52 Å². The Hall–Kier alpha value is -2.55. The molecule has 28 heavy (non-hydrogen) atoms. The lowest BCUT2D eigenvalue weighted by atomic mass is 10.3. The number of hydrogen-bond acceptors (Lipinski definition) is 9. The molecule has 0 aliphatic heterocycles. The molecule has 2 amide bonds. The van der Waals surface area contributed by atoms with E-state index < -0.39 is 16.3 Å². The van der Waals surface area contributed by atoms with Crippen molar-refractivity contribution in [1.82, 2.24) is 14.7 Å². The largest absolute Gasteiger partial charge is 0.489 e. The van der Waals surface area contributed by atoms with Crippen LogP contribution in [0, 0.1) is 0 Å². The van der Waals surface area contributed by atoms with E-state index in [0.717, 1.165) is 0 Å². The van der Waals surface area contributed by atoms with E-state index in [1.165, 1.54) is 26.4 Å². The number of aromatic nitrogens is 2. The van der Waals surface area contributed by atoms with Gasteiger partial charge in [-0.2, -0.15) is 18.4 Å². The van der Waals surface area contributed by atoms with Gasteiger partial charge in [-0.1, -0.05) is 34.7 Å². The quantitative estimate of drug-likeness (QED) is 0.371. The van der Waals surface area contributed by atoms with Crippen molar-refractivity contribution in [1.29, 1.82) is 0 Å². The summed E-state index contributed by atoms with van der Waals surface area (Å²) in [5, 5.41) is 2.16. The number of rotatable bonds is 9. The Balaban J connectivity index is 2.07. The molecule has 0 saturated heterocycles. The molecule has 0 aliphatic rings. The Morgan fingerprint density at radius 3 is 2.29 bits per heavy atom. The van der Waals surface area contributed by atoms with Crippen LogP contribution in [-0.2, 0) is 10.3 Å². The van der Waals surface area contributed by atoms with Crippen LogP contribution >= 0.6 is 22.6 Å². The zero-order valence-electron chi connectivity index (χ0n) is 14.8. The number of carbonyl (C=O) groups is 1. The molecule has 0 atom stereocenters. The number of para-hydroxylation sites is 2. The summed E-state index contributed by atoms with van der Waals surface area (Å²) in [5.41, 5.74) is 0. The summed E-state index contributed by atoms with van der Waals surface area (Å²) in [7, 11) is -1.77. The highest BCUT2D eigenvalue weighted by Crippen LogP contribution is 2.27. The number of nitrogens with zero attached hydrogens (tertiary/aromatic N) is 2. The summed E-state index contributed by atoms with van der Waals surface area (Å²) < 4.78 is 46.9. The molecule has 2 rings (SSSR count). The van der Waals surface area contributed by atoms with Crippen LogP contribution in [0.5, 0.6) is 23.3 Å². The standard InChI is InChI=1S/C15H17IN4O7S/c1-24-12-9-13(25-2)18-14(17-12)19-15(21)20-28(22,23)27-11-6-4-3-5-10(11)26-8-7-16/h3-6,9H,7-8H2,1-2H3,(H2,17,18,19,20,21). The maximum atomic E-state index is 12.1. The Kier molecular flexibility index (Phi) is 7.86. The number of amides is 2. The Morgan fingerprint density at radius 2 is 1.71 bits per heavy atom. The number of hydrogen-bond donors (Lipinski definition) is 2. The lowest BCUT2D eigenvalue weighted by molar-refractivity contribution is 0.255. The molecule has 1 aromatic heterocycles. The molecule has 2 aromatic rings. The number of ether oxygens (including phenoxy) is 3. The number of urea groups is 1. The number of alkyl halides is 1. The van der Waals surface area contributed by atoms with E-state index in [9.17, 15) is 13.2 Å². The summed E-state index contributed by atoms with van der Waals surface area (Å²) in [6, 6.07) is 6.42. The third kappa shape index (κ3) is 6.56. The fourth-order valence-electron chi connectivity index (χ4n) is 1.84. The average Bonchev–Trinajstić information content (AvgIpc) is 2.66. The predicted octanol–water partition coefficient (Wildman–Crippen LogP) is 1.75. The maximum Gasteiger partial charge on any atom is 0.411 e. The molecule has 152 valence electrons. The molecule has 0 fully saturated rings. The highest BCUT2D eigenvalue weighted by molar-refractivity contribution is 14.1. The number of benzene rings is 1. The topological polar surface area (TPSA) is 138 Å². The first-order chi connectivity index (χ1) is 13.4. The molecule has 2 N–H and O–H groups in total. The molecule has 0 spiro atoms. The molecule has 1 heterocycles. The van der Waals surface area contributed by atoms with Crippen LogP contribution in [0.1, 0.15) is 0 Å². The van der Waals surface area contributed by atoms with Crippen molar-refractivity contribution in [3.63, 3.8) is 0 Å². The minimum Gasteiger partial charge on any atom is -0.489 e. The molecular formula is C15H17IN4O7S. The van der Waals surface area contributed by atoms with E-state index in [1.807, 2.05) is 0 Å². The molecule has 0 unspecified atom stereocenters. The van der Waals surface area contributed by atoms with Gasteiger partial charge in [0.05, 0.1) is 26.9 Å². The number of anilines is 1. The second-order valence-corrected chi connectivity index (χ2v) is 7.21. The summed E-state index contributed by atoms with van der Waals surface area (Å²) in [4.78, 5) is 19.7. The van der Waals surface area contributed by atoms with Crippen molar-refractivity contribution >= 4 is 44.9 Å². The zero-order valence-corrected chi connectivity index (χ0v) is 17.8. The third-order valence-corrected chi connectivity index (χ3v) is 4.20. The highest BCUT2D eigenvalue weighted by Gasteiger charge is 2.20. The molecule has 0 radical (unpaired) electrons. The summed E-state index contributed by atoms with van der Waals surface area (Å²) in [5.74, 6) is 0.164. The smallest absolute Gasteiger partial charge is 0.411 e. The fourth-order valence-corrected chi connectivity index (χ4v) is 2.75. The first kappa shape index (κ1) is 21.7. The van der Waals surface area contributed by atoms with Crippen molar-refractivity contribution in [2.24, 2.45) is 0 Å². The minimum absolute atomic E-state index is 0.0630. The van der Waals surface area contributed by atoms with Crippen molar-refractivity contribution < 1.29 is 31.6 Å². The maximum absolute atomic E-state index is 12.1. The molecule has 11 nitrogen and oxygen atoms in total. The van der Waals surface area contributed by atoms with Gasteiger partial charge in [-0.3, -0.25) is 5.32 Å². The summed E-state index contributed by atoms with van der Waals surface area (Å²) >= 11 is 2.11. The molecular weight excluding hydrogens is 507 g/mol. The van der Waals surface area contributed by atoms with Crippen LogP contribution in [0.3, 0.4) is 0 Å². The van der Waals surface area contributed by atoms with Crippen molar-refractivity contribution in [3.05, 3.63) is 30.3 Å². The van der Waals surface area contributed by atoms with E-state index in [-0.39, 0.29) is 29.2 Å². The Labute approximate surface area is 175 Å². The van der Waals surface area contributed by atoms with E-state index >= 15 is 0 Å². The van der Waals surface area contributed by atoms with E-state index in [1.54, 1.807) is 22.9 Å². The monoisotopic (exact) mass is 524 g/mol. The number of methoxy groups -OCH3 is 2. The van der Waals surface area contributed by atoms with Crippen molar-refractivity contribution in [3.8, 4) is 23.3 Å². The summed E-state index contributed by atoms with van der Waals surface area (Å²) in [6.07, 6.45) is 0. The average molecular weight is 524 g/mol. The van der Waals surface area contributed by atoms with Crippen LogP contribution in [0.25, 0.3) is 0 Å². The van der Waals surface area contributed by atoms with Crippen LogP contribution < -0.4 is 28.4 Å². The van der Waals surface area contributed by atoms with E-state index in [0.29, 0.717) is 11.0 Å². The number of nitrogens with one attached hydrogen (secondary N) is 2. The second-order valence-electron chi connectivity index (χ2n) is 4.85. The van der Waals surface area contributed by atoms with Crippen LogP contribution in [-0.4, -0.2) is 49.7 Å². The lowest BCUT2D eigenvalue weighted by Gasteiger charge is -2.12. The normalized spacial score (nSPS) is 10.7. The number of halogens is 1. The Bertz CT molecular complexity index is 904. The second kappa shape index (κ2) is 10.1. The molecule has 1 aromatic carbocycles. The van der Waals surface area contributed by atoms with Crippen LogP contribution in [0.2, 0.25) is 0 Å². The molecule has 0 saturated carbocycles. The van der Waals surface area contributed by atoms with Gasteiger partial charge >= 0.3 is 16.3 Å². The van der Waals surface area contributed by atoms with Gasteiger partial charge in [0.15, 0.2) is 11.5 Å². The number of carbonyl (C=O) groups excluding carboxylic acids is 1. The van der Waals surface area contributed by atoms with Gasteiger partial charge in [0.25, 0.3) is 0 Å². The van der Waals surface area contributed by atoms with Crippen molar-refractivity contribution in [2.75, 3.05) is 30.6 Å². The van der Waals surface area contributed by atoms with Crippen LogP contribution in [0.15, 0.2) is 30.3 Å². The van der Waals surface area contributed by atoms with Gasteiger partial charge < -0.3 is 18.4 Å². The van der Waals surface area contributed by atoms with Gasteiger partial charge in [-0.05, 0) is 12.1 Å². The fraction of sp³-hybridized carbons (Fsp3) is 0.267. The minimum atomic E-state index is -4.49. The van der Waals surface area contributed by atoms with Crippen molar-refractivity contribution in [2.45, 2.75) is 0 Å².